The molecule has 0 unspecified atom stereocenters. The largest absolute Gasteiger partial charge is 0.350 e. The maximum atomic E-state index is 12.2. The standard InChI is InChI=1S/C18H20N2OS/c21-18(16-9-15(16)13-7-8-22-11-13)19-10-14-6-5-12-3-1-2-4-17(12)20-14/h5-8,11,15-16H,1-4,9-10H2,(H,19,21)/t15-,16+/m0/s1. The summed E-state index contributed by atoms with van der Waals surface area (Å²) in [6, 6.07) is 6.38. The molecule has 114 valence electrons. The molecule has 1 fully saturated rings. The zero-order valence-corrected chi connectivity index (χ0v) is 13.4. The first-order chi connectivity index (χ1) is 10.8. The Kier molecular flexibility index (Phi) is 3.70. The molecule has 0 aliphatic heterocycles. The van der Waals surface area contributed by atoms with Gasteiger partial charge in [-0.3, -0.25) is 9.78 Å². The van der Waals surface area contributed by atoms with Crippen molar-refractivity contribution in [2.75, 3.05) is 0 Å². The van der Waals surface area contributed by atoms with E-state index in [1.165, 1.54) is 29.7 Å². The third-order valence-electron chi connectivity index (χ3n) is 4.78. The van der Waals surface area contributed by atoms with Crippen molar-refractivity contribution >= 4 is 17.2 Å². The molecule has 1 amide bonds. The minimum absolute atomic E-state index is 0.159. The summed E-state index contributed by atoms with van der Waals surface area (Å²) in [5.41, 5.74) is 4.93. The molecule has 0 saturated heterocycles. The number of fused-ring (bicyclic) bond motifs is 1. The molecule has 1 N–H and O–H groups in total. The Morgan fingerprint density at radius 2 is 2.18 bits per heavy atom. The molecule has 2 aromatic heterocycles. The van der Waals surface area contributed by atoms with Gasteiger partial charge < -0.3 is 5.32 Å². The number of hydrogen-bond acceptors (Lipinski definition) is 3. The molecule has 2 aliphatic carbocycles. The quantitative estimate of drug-likeness (QED) is 0.939. The molecule has 2 heterocycles. The second-order valence-corrected chi connectivity index (χ2v) is 7.12. The van der Waals surface area contributed by atoms with Crippen LogP contribution in [0.4, 0.5) is 0 Å². The monoisotopic (exact) mass is 312 g/mol. The van der Waals surface area contributed by atoms with E-state index in [0.29, 0.717) is 12.5 Å². The lowest BCUT2D eigenvalue weighted by Crippen LogP contribution is -2.25. The number of aryl methyl sites for hydroxylation is 2. The number of nitrogens with zero attached hydrogens (tertiary/aromatic N) is 1. The number of carbonyl (C=O) groups is 1. The molecule has 0 spiro atoms. The Labute approximate surface area is 134 Å². The van der Waals surface area contributed by atoms with Crippen LogP contribution in [0.25, 0.3) is 0 Å². The van der Waals surface area contributed by atoms with Gasteiger partial charge >= 0.3 is 0 Å². The van der Waals surface area contributed by atoms with E-state index in [9.17, 15) is 4.79 Å². The predicted molar refractivity (Wildman–Crippen MR) is 87.9 cm³/mol. The second kappa shape index (κ2) is 5.84. The van der Waals surface area contributed by atoms with Crippen molar-refractivity contribution in [3.63, 3.8) is 0 Å². The van der Waals surface area contributed by atoms with Crippen molar-refractivity contribution in [1.82, 2.24) is 10.3 Å². The summed E-state index contributed by atoms with van der Waals surface area (Å²) < 4.78 is 0. The lowest BCUT2D eigenvalue weighted by atomic mass is 9.96. The number of hydrogen-bond donors (Lipinski definition) is 1. The number of rotatable bonds is 4. The first-order valence-electron chi connectivity index (χ1n) is 8.09. The molecule has 2 aliphatic rings. The van der Waals surface area contributed by atoms with Crippen LogP contribution in [0.2, 0.25) is 0 Å². The average Bonchev–Trinajstić information content (AvgIpc) is 3.18. The van der Waals surface area contributed by atoms with E-state index in [1.807, 2.05) is 0 Å². The van der Waals surface area contributed by atoms with E-state index in [4.69, 9.17) is 4.98 Å². The van der Waals surface area contributed by atoms with Gasteiger partial charge in [0.15, 0.2) is 0 Å². The van der Waals surface area contributed by atoms with Gasteiger partial charge in [0.25, 0.3) is 0 Å². The molecule has 0 radical (unpaired) electrons. The van der Waals surface area contributed by atoms with Gasteiger partial charge in [-0.1, -0.05) is 6.07 Å². The molecule has 4 rings (SSSR count). The van der Waals surface area contributed by atoms with Crippen molar-refractivity contribution in [3.8, 4) is 0 Å². The number of pyridine rings is 1. The SMILES string of the molecule is O=C(NCc1ccc2c(n1)CCCC2)[C@@H]1C[C@H]1c1ccsc1. The Hall–Kier alpha value is -1.68. The molecule has 0 bridgehead atoms. The third kappa shape index (κ3) is 2.80. The van der Waals surface area contributed by atoms with Crippen LogP contribution in [0.15, 0.2) is 29.0 Å². The molecule has 0 aromatic carbocycles. The van der Waals surface area contributed by atoms with Crippen molar-refractivity contribution in [2.24, 2.45) is 5.92 Å². The Morgan fingerprint density at radius 1 is 1.27 bits per heavy atom. The summed E-state index contributed by atoms with van der Waals surface area (Å²) in [4.78, 5) is 17.0. The highest BCUT2D eigenvalue weighted by Crippen LogP contribution is 2.48. The van der Waals surface area contributed by atoms with Crippen LogP contribution in [0.1, 0.15) is 47.7 Å². The summed E-state index contributed by atoms with van der Waals surface area (Å²) in [6.07, 6.45) is 5.73. The Morgan fingerprint density at radius 3 is 3.05 bits per heavy atom. The van der Waals surface area contributed by atoms with Crippen LogP contribution in [0, 0.1) is 5.92 Å². The maximum Gasteiger partial charge on any atom is 0.224 e. The van der Waals surface area contributed by atoms with Crippen molar-refractivity contribution in [2.45, 2.75) is 44.6 Å². The van der Waals surface area contributed by atoms with Crippen LogP contribution in [-0.4, -0.2) is 10.9 Å². The van der Waals surface area contributed by atoms with Crippen LogP contribution in [0.5, 0.6) is 0 Å². The van der Waals surface area contributed by atoms with Gasteiger partial charge in [-0.2, -0.15) is 11.3 Å². The van der Waals surface area contributed by atoms with Gasteiger partial charge in [-0.05, 0) is 72.0 Å². The number of aromatic nitrogens is 1. The van der Waals surface area contributed by atoms with Crippen LogP contribution < -0.4 is 5.32 Å². The molecule has 2 aromatic rings. The highest BCUT2D eigenvalue weighted by molar-refractivity contribution is 7.08. The fraction of sp³-hybridized carbons (Fsp3) is 0.444. The van der Waals surface area contributed by atoms with E-state index >= 15 is 0 Å². The summed E-state index contributed by atoms with van der Waals surface area (Å²) in [5.74, 6) is 0.769. The zero-order valence-electron chi connectivity index (χ0n) is 12.5. The van der Waals surface area contributed by atoms with Gasteiger partial charge in [0.05, 0.1) is 12.2 Å². The van der Waals surface area contributed by atoms with Gasteiger partial charge in [0.1, 0.15) is 0 Å². The Bertz CT molecular complexity index is 680. The lowest BCUT2D eigenvalue weighted by molar-refractivity contribution is -0.122. The van der Waals surface area contributed by atoms with E-state index in [0.717, 1.165) is 25.0 Å². The maximum absolute atomic E-state index is 12.2. The van der Waals surface area contributed by atoms with E-state index in [1.54, 1.807) is 11.3 Å². The van der Waals surface area contributed by atoms with Crippen LogP contribution >= 0.6 is 11.3 Å². The third-order valence-corrected chi connectivity index (χ3v) is 5.48. The van der Waals surface area contributed by atoms with Crippen molar-refractivity contribution in [3.05, 3.63) is 51.5 Å². The molecule has 22 heavy (non-hydrogen) atoms. The molecular formula is C18H20N2OS. The number of carbonyl (C=O) groups excluding carboxylic acids is 1. The normalized spacial score (nSPS) is 22.9. The smallest absolute Gasteiger partial charge is 0.224 e. The van der Waals surface area contributed by atoms with Gasteiger partial charge in [-0.15, -0.1) is 0 Å². The lowest BCUT2D eigenvalue weighted by Gasteiger charge is -2.15. The molecule has 4 heteroatoms. The number of nitrogens with one attached hydrogen (secondary N) is 1. The summed E-state index contributed by atoms with van der Waals surface area (Å²) in [5, 5.41) is 7.30. The zero-order chi connectivity index (χ0) is 14.9. The summed E-state index contributed by atoms with van der Waals surface area (Å²) in [6.45, 7) is 0.555. The summed E-state index contributed by atoms with van der Waals surface area (Å²) >= 11 is 1.70. The topological polar surface area (TPSA) is 42.0 Å². The van der Waals surface area contributed by atoms with E-state index in [2.05, 4.69) is 34.3 Å². The van der Waals surface area contributed by atoms with Gasteiger partial charge in [-0.25, -0.2) is 0 Å². The predicted octanol–water partition coefficient (Wildman–Crippen LogP) is 3.44. The van der Waals surface area contributed by atoms with E-state index in [-0.39, 0.29) is 11.8 Å². The first-order valence-corrected chi connectivity index (χ1v) is 9.03. The molecule has 1 saturated carbocycles. The molecule has 3 nitrogen and oxygen atoms in total. The number of amides is 1. The van der Waals surface area contributed by atoms with Gasteiger partial charge in [0.2, 0.25) is 5.91 Å². The fourth-order valence-electron chi connectivity index (χ4n) is 3.37. The molecule has 2 atom stereocenters. The average molecular weight is 312 g/mol. The summed E-state index contributed by atoms with van der Waals surface area (Å²) in [7, 11) is 0. The highest BCUT2D eigenvalue weighted by atomic mass is 32.1. The second-order valence-electron chi connectivity index (χ2n) is 6.34. The minimum atomic E-state index is 0.159. The van der Waals surface area contributed by atoms with Crippen molar-refractivity contribution in [1.29, 1.82) is 0 Å². The molecular weight excluding hydrogens is 292 g/mol. The van der Waals surface area contributed by atoms with Crippen LogP contribution in [-0.2, 0) is 24.2 Å². The van der Waals surface area contributed by atoms with E-state index < -0.39 is 0 Å². The highest BCUT2D eigenvalue weighted by Gasteiger charge is 2.43. The number of thiophene rings is 1. The minimum Gasteiger partial charge on any atom is -0.350 e. The van der Waals surface area contributed by atoms with Crippen molar-refractivity contribution < 1.29 is 4.79 Å². The Balaban J connectivity index is 1.34. The first kappa shape index (κ1) is 13.9. The van der Waals surface area contributed by atoms with Gasteiger partial charge in [0, 0.05) is 11.6 Å². The van der Waals surface area contributed by atoms with Crippen LogP contribution in [0.3, 0.4) is 0 Å². The fourth-order valence-corrected chi connectivity index (χ4v) is 4.10.